The Kier molecular flexibility index (Phi) is 4.01. The van der Waals surface area contributed by atoms with E-state index in [-0.39, 0.29) is 5.91 Å². The van der Waals surface area contributed by atoms with Gasteiger partial charge < -0.3 is 4.90 Å². The molecule has 0 saturated heterocycles. The molecule has 0 unspecified atom stereocenters. The highest BCUT2D eigenvalue weighted by molar-refractivity contribution is 5.98. The number of fused-ring (bicyclic) bond motifs is 2. The molecule has 1 aromatic carbocycles. The van der Waals surface area contributed by atoms with Crippen LogP contribution in [0, 0.1) is 0 Å². The van der Waals surface area contributed by atoms with Gasteiger partial charge in [0.1, 0.15) is 0 Å². The van der Waals surface area contributed by atoms with E-state index in [4.69, 9.17) is 0 Å². The van der Waals surface area contributed by atoms with Crippen molar-refractivity contribution in [3.05, 3.63) is 64.5 Å². The molecule has 1 aliphatic carbocycles. The molecule has 4 nitrogen and oxygen atoms in total. The number of carbonyl (C=O) groups is 1. The Balaban J connectivity index is 1.30. The van der Waals surface area contributed by atoms with Gasteiger partial charge in [0.2, 0.25) is 0 Å². The van der Waals surface area contributed by atoms with Crippen LogP contribution in [0.2, 0.25) is 0 Å². The van der Waals surface area contributed by atoms with Crippen LogP contribution in [0.25, 0.3) is 0 Å². The van der Waals surface area contributed by atoms with E-state index in [0.717, 1.165) is 30.0 Å². The van der Waals surface area contributed by atoms with Crippen molar-refractivity contribution in [1.82, 2.24) is 14.8 Å². The van der Waals surface area contributed by atoms with Crippen molar-refractivity contribution in [2.24, 2.45) is 0 Å². The van der Waals surface area contributed by atoms with Crippen LogP contribution >= 0.6 is 0 Å². The summed E-state index contributed by atoms with van der Waals surface area (Å²) >= 11 is 0. The Morgan fingerprint density at radius 2 is 1.88 bits per heavy atom. The molecule has 1 saturated carbocycles. The molecule has 1 aromatic heterocycles. The number of hydrogen-bond donors (Lipinski definition) is 0. The van der Waals surface area contributed by atoms with Crippen LogP contribution < -0.4 is 0 Å². The average molecular weight is 347 g/mol. The highest BCUT2D eigenvalue weighted by Gasteiger charge is 2.28. The minimum atomic E-state index is 0.133. The van der Waals surface area contributed by atoms with Crippen molar-refractivity contribution >= 4 is 5.91 Å². The summed E-state index contributed by atoms with van der Waals surface area (Å²) in [6.45, 7) is 3.74. The van der Waals surface area contributed by atoms with E-state index in [9.17, 15) is 4.79 Å². The van der Waals surface area contributed by atoms with Crippen molar-refractivity contribution in [2.45, 2.75) is 51.2 Å². The molecule has 0 atom stereocenters. The number of carbonyl (C=O) groups excluding carboxylic acids is 1. The lowest BCUT2D eigenvalue weighted by Gasteiger charge is -2.36. The molecule has 2 aromatic rings. The van der Waals surface area contributed by atoms with Crippen LogP contribution in [0.4, 0.5) is 0 Å². The van der Waals surface area contributed by atoms with Gasteiger partial charge in [-0.15, -0.1) is 0 Å². The van der Waals surface area contributed by atoms with E-state index < -0.39 is 0 Å². The van der Waals surface area contributed by atoms with Crippen LogP contribution in [-0.2, 0) is 25.9 Å². The van der Waals surface area contributed by atoms with E-state index in [1.807, 2.05) is 17.2 Å². The molecule has 134 valence electrons. The van der Waals surface area contributed by atoms with Gasteiger partial charge in [0.25, 0.3) is 5.91 Å². The largest absolute Gasteiger partial charge is 0.330 e. The van der Waals surface area contributed by atoms with Gasteiger partial charge in [-0.3, -0.25) is 14.7 Å². The molecule has 3 aliphatic rings. The number of hydrogen-bond acceptors (Lipinski definition) is 3. The zero-order chi connectivity index (χ0) is 17.5. The summed E-state index contributed by atoms with van der Waals surface area (Å²) in [5.41, 5.74) is 6.08. The van der Waals surface area contributed by atoms with Gasteiger partial charge in [-0.25, -0.2) is 0 Å². The summed E-state index contributed by atoms with van der Waals surface area (Å²) in [7, 11) is 0. The van der Waals surface area contributed by atoms with Crippen molar-refractivity contribution in [3.8, 4) is 0 Å². The van der Waals surface area contributed by atoms with Gasteiger partial charge in [0, 0.05) is 55.7 Å². The Hall–Kier alpha value is -2.20. The molecule has 1 fully saturated rings. The van der Waals surface area contributed by atoms with Crippen LogP contribution in [0.5, 0.6) is 0 Å². The van der Waals surface area contributed by atoms with E-state index in [2.05, 4.69) is 28.1 Å². The molecule has 5 rings (SSSR count). The van der Waals surface area contributed by atoms with Crippen molar-refractivity contribution < 1.29 is 4.79 Å². The standard InChI is InChI=1S/C22H25N3O/c26-22-21-6-9-23-13-19(21)15-25(22)14-16-4-5-17-7-10-24(20-2-1-3-20)11-8-18(17)12-16/h4-6,9,12-13,20H,1-3,7-8,10-11,14-15H2. The molecule has 0 radical (unpaired) electrons. The fourth-order valence-electron chi connectivity index (χ4n) is 4.57. The maximum atomic E-state index is 12.6. The van der Waals surface area contributed by atoms with E-state index in [1.54, 1.807) is 6.20 Å². The van der Waals surface area contributed by atoms with Crippen LogP contribution in [0.3, 0.4) is 0 Å². The zero-order valence-electron chi connectivity index (χ0n) is 15.2. The molecule has 0 N–H and O–H groups in total. The van der Waals surface area contributed by atoms with E-state index >= 15 is 0 Å². The fourth-order valence-corrected chi connectivity index (χ4v) is 4.57. The second kappa shape index (κ2) is 6.51. The van der Waals surface area contributed by atoms with Gasteiger partial charge in [-0.2, -0.15) is 0 Å². The quantitative estimate of drug-likeness (QED) is 0.856. The van der Waals surface area contributed by atoms with Gasteiger partial charge in [-0.05, 0) is 48.4 Å². The minimum absolute atomic E-state index is 0.133. The minimum Gasteiger partial charge on any atom is -0.330 e. The second-order valence-corrected chi connectivity index (χ2v) is 7.92. The summed E-state index contributed by atoms with van der Waals surface area (Å²) in [6.07, 6.45) is 9.99. The van der Waals surface area contributed by atoms with Gasteiger partial charge in [0.15, 0.2) is 0 Å². The average Bonchev–Trinajstić information content (AvgIpc) is 2.79. The van der Waals surface area contributed by atoms with Crippen LogP contribution in [0.1, 0.15) is 51.9 Å². The first-order valence-electron chi connectivity index (χ1n) is 9.85. The molecular weight excluding hydrogens is 322 g/mol. The maximum Gasteiger partial charge on any atom is 0.254 e. The van der Waals surface area contributed by atoms with Crippen molar-refractivity contribution in [2.75, 3.05) is 13.1 Å². The Morgan fingerprint density at radius 3 is 2.65 bits per heavy atom. The molecule has 0 spiro atoms. The van der Waals surface area contributed by atoms with Crippen molar-refractivity contribution in [1.29, 1.82) is 0 Å². The predicted octanol–water partition coefficient (Wildman–Crippen LogP) is 3.19. The number of aromatic nitrogens is 1. The van der Waals surface area contributed by atoms with Crippen LogP contribution in [0.15, 0.2) is 36.7 Å². The smallest absolute Gasteiger partial charge is 0.254 e. The SMILES string of the molecule is O=C1c2ccncc2CN1Cc1ccc2c(c1)CCN(C1CCC1)CC2. The van der Waals surface area contributed by atoms with Gasteiger partial charge in [0.05, 0.1) is 0 Å². The number of amides is 1. The fraction of sp³-hybridized carbons (Fsp3) is 0.455. The zero-order valence-corrected chi connectivity index (χ0v) is 15.2. The number of rotatable bonds is 3. The predicted molar refractivity (Wildman–Crippen MR) is 101 cm³/mol. The number of pyridine rings is 1. The summed E-state index contributed by atoms with van der Waals surface area (Å²) in [4.78, 5) is 21.4. The first-order chi connectivity index (χ1) is 12.8. The topological polar surface area (TPSA) is 36.4 Å². The lowest BCUT2D eigenvalue weighted by atomic mass is 9.91. The third kappa shape index (κ3) is 2.82. The van der Waals surface area contributed by atoms with Crippen molar-refractivity contribution in [3.63, 3.8) is 0 Å². The van der Waals surface area contributed by atoms with Crippen LogP contribution in [-0.4, -0.2) is 39.8 Å². The van der Waals surface area contributed by atoms with E-state index in [1.165, 1.54) is 49.0 Å². The Morgan fingerprint density at radius 1 is 1.04 bits per heavy atom. The normalized spacial score (nSPS) is 20.5. The molecule has 1 amide bonds. The maximum absolute atomic E-state index is 12.6. The Labute approximate surface area is 154 Å². The molecular formula is C22H25N3O. The third-order valence-corrected chi connectivity index (χ3v) is 6.35. The number of benzene rings is 1. The summed E-state index contributed by atoms with van der Waals surface area (Å²) in [5, 5.41) is 0. The third-order valence-electron chi connectivity index (χ3n) is 6.35. The Bertz CT molecular complexity index is 843. The molecule has 4 heteroatoms. The van der Waals surface area contributed by atoms with E-state index in [0.29, 0.717) is 13.1 Å². The highest BCUT2D eigenvalue weighted by atomic mass is 16.2. The second-order valence-electron chi connectivity index (χ2n) is 7.92. The monoisotopic (exact) mass is 347 g/mol. The summed E-state index contributed by atoms with van der Waals surface area (Å²) in [5.74, 6) is 0.133. The highest BCUT2D eigenvalue weighted by Crippen LogP contribution is 2.28. The first kappa shape index (κ1) is 16.0. The molecule has 3 heterocycles. The first-order valence-corrected chi connectivity index (χ1v) is 9.85. The summed E-state index contributed by atoms with van der Waals surface area (Å²) in [6, 6.07) is 9.52. The lowest BCUT2D eigenvalue weighted by Crippen LogP contribution is -2.41. The van der Waals surface area contributed by atoms with Gasteiger partial charge >= 0.3 is 0 Å². The summed E-state index contributed by atoms with van der Waals surface area (Å²) < 4.78 is 0. The molecule has 0 bridgehead atoms. The van der Waals surface area contributed by atoms with Gasteiger partial charge in [-0.1, -0.05) is 24.6 Å². The molecule has 2 aliphatic heterocycles. The number of nitrogens with zero attached hydrogens (tertiary/aromatic N) is 3. The molecule has 26 heavy (non-hydrogen) atoms. The lowest BCUT2D eigenvalue weighted by molar-refractivity contribution is 0.0766.